The van der Waals surface area contributed by atoms with Gasteiger partial charge in [-0.25, -0.2) is 0 Å². The Bertz CT molecular complexity index is 469. The lowest BCUT2D eigenvalue weighted by Gasteiger charge is -2.03. The summed E-state index contributed by atoms with van der Waals surface area (Å²) in [6, 6.07) is 6.71. The van der Waals surface area contributed by atoms with Gasteiger partial charge in [-0.3, -0.25) is 0 Å². The number of nitrogens with zero attached hydrogens (tertiary/aromatic N) is 1. The van der Waals surface area contributed by atoms with E-state index in [0.717, 1.165) is 13.1 Å². The molecule has 0 radical (unpaired) electrons. The smallest absolute Gasteiger partial charge is 0.0486 e. The van der Waals surface area contributed by atoms with Gasteiger partial charge in [0.25, 0.3) is 0 Å². The van der Waals surface area contributed by atoms with Crippen molar-refractivity contribution in [1.29, 1.82) is 0 Å². The summed E-state index contributed by atoms with van der Waals surface area (Å²) in [6.45, 7) is 6.33. The molecule has 1 N–H and O–H groups in total. The number of hydrogen-bond acceptors (Lipinski definition) is 1. The van der Waals surface area contributed by atoms with Gasteiger partial charge in [0, 0.05) is 30.2 Å². The van der Waals surface area contributed by atoms with Crippen molar-refractivity contribution in [3.63, 3.8) is 0 Å². The zero-order valence-corrected chi connectivity index (χ0v) is 9.67. The molecule has 2 aromatic rings. The summed E-state index contributed by atoms with van der Waals surface area (Å²) in [5.41, 5.74) is 4.06. The zero-order chi connectivity index (χ0) is 10.8. The Kier molecular flexibility index (Phi) is 2.78. The lowest BCUT2D eigenvalue weighted by atomic mass is 10.1. The number of hydrogen-bond donors (Lipinski definition) is 1. The Morgan fingerprint density at radius 1 is 1.33 bits per heavy atom. The molecule has 1 heterocycles. The lowest BCUT2D eigenvalue weighted by Crippen LogP contribution is -2.04. The highest BCUT2D eigenvalue weighted by molar-refractivity contribution is 5.84. The minimum Gasteiger partial charge on any atom is -0.347 e. The highest BCUT2D eigenvalue weighted by Gasteiger charge is 2.04. The molecular weight excluding hydrogens is 184 g/mol. The van der Waals surface area contributed by atoms with E-state index in [1.165, 1.54) is 22.0 Å². The van der Waals surface area contributed by atoms with Gasteiger partial charge in [0.05, 0.1) is 0 Å². The van der Waals surface area contributed by atoms with E-state index in [1.807, 2.05) is 7.05 Å². The normalized spacial score (nSPS) is 11.1. The van der Waals surface area contributed by atoms with E-state index in [4.69, 9.17) is 0 Å². The standard InChI is InChI=1S/C13H18N2/c1-4-15-9-10(2)12-6-5-11(8-14-3)7-13(12)15/h5-7,9,14H,4,8H2,1-3H3. The Hall–Kier alpha value is -1.28. The van der Waals surface area contributed by atoms with Crippen molar-refractivity contribution in [3.05, 3.63) is 35.5 Å². The second kappa shape index (κ2) is 4.07. The first-order chi connectivity index (χ1) is 7.26. The number of fused-ring (bicyclic) bond motifs is 1. The Balaban J connectivity index is 2.58. The maximum atomic E-state index is 3.18. The average Bonchev–Trinajstić information content (AvgIpc) is 2.56. The quantitative estimate of drug-likeness (QED) is 0.809. The minimum atomic E-state index is 0.934. The summed E-state index contributed by atoms with van der Waals surface area (Å²) < 4.78 is 2.31. The van der Waals surface area contributed by atoms with E-state index in [-0.39, 0.29) is 0 Å². The molecule has 0 bridgehead atoms. The minimum absolute atomic E-state index is 0.934. The highest BCUT2D eigenvalue weighted by atomic mass is 14.9. The number of aryl methyl sites for hydroxylation is 2. The fourth-order valence-electron chi connectivity index (χ4n) is 2.10. The first-order valence-corrected chi connectivity index (χ1v) is 5.49. The number of aromatic nitrogens is 1. The van der Waals surface area contributed by atoms with Crippen molar-refractivity contribution >= 4 is 10.9 Å². The summed E-state index contributed by atoms with van der Waals surface area (Å²) in [5, 5.41) is 4.56. The summed E-state index contributed by atoms with van der Waals surface area (Å²) in [6.07, 6.45) is 2.23. The molecular formula is C13H18N2. The Morgan fingerprint density at radius 2 is 2.13 bits per heavy atom. The monoisotopic (exact) mass is 202 g/mol. The molecule has 15 heavy (non-hydrogen) atoms. The maximum Gasteiger partial charge on any atom is 0.0486 e. The van der Waals surface area contributed by atoms with Crippen LogP contribution in [0.4, 0.5) is 0 Å². The molecule has 0 amide bonds. The predicted molar refractivity (Wildman–Crippen MR) is 65.1 cm³/mol. The van der Waals surface area contributed by atoms with Gasteiger partial charge in [0.1, 0.15) is 0 Å². The molecule has 0 saturated carbocycles. The predicted octanol–water partition coefficient (Wildman–Crippen LogP) is 2.69. The fraction of sp³-hybridized carbons (Fsp3) is 0.385. The molecule has 2 rings (SSSR count). The average molecular weight is 202 g/mol. The molecule has 0 spiro atoms. The fourth-order valence-corrected chi connectivity index (χ4v) is 2.10. The van der Waals surface area contributed by atoms with Gasteiger partial charge in [-0.2, -0.15) is 0 Å². The number of benzene rings is 1. The molecule has 80 valence electrons. The van der Waals surface area contributed by atoms with E-state index < -0.39 is 0 Å². The van der Waals surface area contributed by atoms with E-state index in [1.54, 1.807) is 0 Å². The second-order valence-electron chi connectivity index (χ2n) is 3.98. The van der Waals surface area contributed by atoms with Crippen molar-refractivity contribution in [2.45, 2.75) is 26.9 Å². The van der Waals surface area contributed by atoms with Crippen LogP contribution in [0.2, 0.25) is 0 Å². The van der Waals surface area contributed by atoms with Crippen LogP contribution in [0.5, 0.6) is 0 Å². The van der Waals surface area contributed by atoms with Crippen LogP contribution < -0.4 is 5.32 Å². The molecule has 0 fully saturated rings. The Labute approximate surface area is 90.9 Å². The van der Waals surface area contributed by atoms with Crippen LogP contribution in [0, 0.1) is 6.92 Å². The highest BCUT2D eigenvalue weighted by Crippen LogP contribution is 2.22. The van der Waals surface area contributed by atoms with Crippen LogP contribution in [-0.4, -0.2) is 11.6 Å². The van der Waals surface area contributed by atoms with Crippen molar-refractivity contribution < 1.29 is 0 Å². The van der Waals surface area contributed by atoms with Gasteiger partial charge in [-0.05, 0) is 38.1 Å². The third-order valence-electron chi connectivity index (χ3n) is 2.87. The molecule has 1 aromatic heterocycles. The van der Waals surface area contributed by atoms with Gasteiger partial charge in [0.2, 0.25) is 0 Å². The number of nitrogens with one attached hydrogen (secondary N) is 1. The lowest BCUT2D eigenvalue weighted by molar-refractivity contribution is 0.790. The van der Waals surface area contributed by atoms with E-state index >= 15 is 0 Å². The first-order valence-electron chi connectivity index (χ1n) is 5.49. The van der Waals surface area contributed by atoms with Gasteiger partial charge >= 0.3 is 0 Å². The van der Waals surface area contributed by atoms with Crippen LogP contribution in [0.1, 0.15) is 18.1 Å². The van der Waals surface area contributed by atoms with Crippen LogP contribution in [0.25, 0.3) is 10.9 Å². The summed E-state index contributed by atoms with van der Waals surface area (Å²) in [7, 11) is 1.98. The van der Waals surface area contributed by atoms with Crippen molar-refractivity contribution in [2.75, 3.05) is 7.05 Å². The summed E-state index contributed by atoms with van der Waals surface area (Å²) >= 11 is 0. The zero-order valence-electron chi connectivity index (χ0n) is 9.67. The van der Waals surface area contributed by atoms with Crippen LogP contribution >= 0.6 is 0 Å². The molecule has 0 atom stereocenters. The second-order valence-corrected chi connectivity index (χ2v) is 3.98. The number of rotatable bonds is 3. The molecule has 0 aliphatic carbocycles. The summed E-state index contributed by atoms with van der Waals surface area (Å²) in [5.74, 6) is 0. The molecule has 0 saturated heterocycles. The van der Waals surface area contributed by atoms with E-state index in [0.29, 0.717) is 0 Å². The molecule has 0 unspecified atom stereocenters. The molecule has 0 aliphatic heterocycles. The van der Waals surface area contributed by atoms with Crippen molar-refractivity contribution in [3.8, 4) is 0 Å². The molecule has 1 aromatic carbocycles. The Morgan fingerprint density at radius 3 is 2.80 bits per heavy atom. The largest absolute Gasteiger partial charge is 0.347 e. The van der Waals surface area contributed by atoms with Crippen molar-refractivity contribution in [2.24, 2.45) is 0 Å². The van der Waals surface area contributed by atoms with Gasteiger partial charge < -0.3 is 9.88 Å². The first kappa shape index (κ1) is 10.2. The van der Waals surface area contributed by atoms with E-state index in [9.17, 15) is 0 Å². The van der Waals surface area contributed by atoms with Gasteiger partial charge in [-0.15, -0.1) is 0 Å². The molecule has 2 heteroatoms. The van der Waals surface area contributed by atoms with Crippen LogP contribution in [-0.2, 0) is 13.1 Å². The van der Waals surface area contributed by atoms with Gasteiger partial charge in [0.15, 0.2) is 0 Å². The summed E-state index contributed by atoms with van der Waals surface area (Å²) in [4.78, 5) is 0. The van der Waals surface area contributed by atoms with Crippen molar-refractivity contribution in [1.82, 2.24) is 9.88 Å². The van der Waals surface area contributed by atoms with Gasteiger partial charge in [-0.1, -0.05) is 12.1 Å². The third-order valence-corrected chi connectivity index (χ3v) is 2.87. The van der Waals surface area contributed by atoms with Crippen LogP contribution in [0.3, 0.4) is 0 Å². The SMILES string of the molecule is CCn1cc(C)c2ccc(CNC)cc21. The van der Waals surface area contributed by atoms with E-state index in [2.05, 4.69) is 48.1 Å². The molecule has 0 aliphatic rings. The third kappa shape index (κ3) is 1.77. The maximum absolute atomic E-state index is 3.18. The topological polar surface area (TPSA) is 17.0 Å². The van der Waals surface area contributed by atoms with Crippen LogP contribution in [0.15, 0.2) is 24.4 Å². The molecule has 2 nitrogen and oxygen atoms in total.